The van der Waals surface area contributed by atoms with Gasteiger partial charge in [-0.2, -0.15) is 5.10 Å². The lowest BCUT2D eigenvalue weighted by Gasteiger charge is -2.32. The van der Waals surface area contributed by atoms with E-state index in [9.17, 15) is 4.79 Å². The van der Waals surface area contributed by atoms with Crippen molar-refractivity contribution in [3.63, 3.8) is 0 Å². The van der Waals surface area contributed by atoms with Gasteiger partial charge in [0.2, 0.25) is 5.91 Å². The molecule has 3 heterocycles. The first-order chi connectivity index (χ1) is 11.7. The van der Waals surface area contributed by atoms with Crippen LogP contribution in [-0.2, 0) is 16.6 Å². The summed E-state index contributed by atoms with van der Waals surface area (Å²) in [6, 6.07) is 0. The standard InChI is InChI=1S/C16H24N6O2/c1-21-14-13(10-20-21)15(19-11-18-14)22-7-4-12(5-8-22)16(23)17-6-3-9-24-2/h10-12H,3-9H2,1-2H3,(H,17,23). The molecule has 8 nitrogen and oxygen atoms in total. The number of carbonyl (C=O) groups is 1. The molecule has 1 fully saturated rings. The van der Waals surface area contributed by atoms with Crippen molar-refractivity contribution in [3.8, 4) is 0 Å². The Kier molecular flexibility index (Phi) is 5.24. The van der Waals surface area contributed by atoms with Crippen LogP contribution in [0.4, 0.5) is 5.82 Å². The minimum absolute atomic E-state index is 0.0787. The first kappa shape index (κ1) is 16.6. The van der Waals surface area contributed by atoms with Crippen LogP contribution in [-0.4, -0.2) is 59.0 Å². The summed E-state index contributed by atoms with van der Waals surface area (Å²) < 4.78 is 6.74. The fourth-order valence-electron chi connectivity index (χ4n) is 3.13. The van der Waals surface area contributed by atoms with E-state index in [1.807, 2.05) is 7.05 Å². The van der Waals surface area contributed by atoms with Gasteiger partial charge in [0.15, 0.2) is 5.65 Å². The van der Waals surface area contributed by atoms with Crippen LogP contribution < -0.4 is 10.2 Å². The molecule has 1 N–H and O–H groups in total. The number of aryl methyl sites for hydroxylation is 1. The van der Waals surface area contributed by atoms with Crippen molar-refractivity contribution in [2.24, 2.45) is 13.0 Å². The maximum Gasteiger partial charge on any atom is 0.223 e. The number of piperidine rings is 1. The van der Waals surface area contributed by atoms with Gasteiger partial charge in [-0.25, -0.2) is 9.97 Å². The van der Waals surface area contributed by atoms with Gasteiger partial charge in [-0.3, -0.25) is 9.48 Å². The third kappa shape index (κ3) is 3.48. The van der Waals surface area contributed by atoms with Crippen LogP contribution in [0.3, 0.4) is 0 Å². The van der Waals surface area contributed by atoms with E-state index in [0.29, 0.717) is 13.2 Å². The molecule has 130 valence electrons. The Hall–Kier alpha value is -2.22. The largest absolute Gasteiger partial charge is 0.385 e. The number of carbonyl (C=O) groups excluding carboxylic acids is 1. The highest BCUT2D eigenvalue weighted by Gasteiger charge is 2.26. The van der Waals surface area contributed by atoms with E-state index in [4.69, 9.17) is 4.74 Å². The lowest BCUT2D eigenvalue weighted by molar-refractivity contribution is -0.125. The molecule has 0 radical (unpaired) electrons. The van der Waals surface area contributed by atoms with E-state index in [2.05, 4.69) is 25.3 Å². The minimum atomic E-state index is 0.0787. The quantitative estimate of drug-likeness (QED) is 0.785. The van der Waals surface area contributed by atoms with Crippen LogP contribution in [0.15, 0.2) is 12.5 Å². The number of methoxy groups -OCH3 is 1. The zero-order valence-electron chi connectivity index (χ0n) is 14.2. The molecular formula is C16H24N6O2. The van der Waals surface area contributed by atoms with E-state index < -0.39 is 0 Å². The summed E-state index contributed by atoms with van der Waals surface area (Å²) in [5.41, 5.74) is 0.831. The van der Waals surface area contributed by atoms with Crippen molar-refractivity contribution in [3.05, 3.63) is 12.5 Å². The second-order valence-corrected chi connectivity index (χ2v) is 6.10. The number of rotatable bonds is 6. The molecule has 3 rings (SSSR count). The van der Waals surface area contributed by atoms with Crippen molar-refractivity contribution in [1.29, 1.82) is 0 Å². The van der Waals surface area contributed by atoms with Crippen molar-refractivity contribution >= 4 is 22.8 Å². The molecule has 2 aromatic heterocycles. The highest BCUT2D eigenvalue weighted by Crippen LogP contribution is 2.27. The minimum Gasteiger partial charge on any atom is -0.385 e. The zero-order valence-corrected chi connectivity index (χ0v) is 14.2. The average Bonchev–Trinajstić information content (AvgIpc) is 3.00. The summed E-state index contributed by atoms with van der Waals surface area (Å²) in [5, 5.41) is 8.22. The van der Waals surface area contributed by atoms with Crippen LogP contribution >= 0.6 is 0 Å². The summed E-state index contributed by atoms with van der Waals surface area (Å²) in [6.45, 7) is 2.98. The van der Waals surface area contributed by atoms with Gasteiger partial charge >= 0.3 is 0 Å². The van der Waals surface area contributed by atoms with Gasteiger partial charge in [-0.05, 0) is 19.3 Å². The Labute approximate surface area is 141 Å². The predicted octanol–water partition coefficient (Wildman–Crippen LogP) is 0.732. The Morgan fingerprint density at radius 3 is 2.92 bits per heavy atom. The van der Waals surface area contributed by atoms with Crippen molar-refractivity contribution in [2.45, 2.75) is 19.3 Å². The first-order valence-corrected chi connectivity index (χ1v) is 8.35. The summed E-state index contributed by atoms with van der Waals surface area (Å²) in [7, 11) is 3.54. The molecule has 0 atom stereocenters. The number of hydrogen-bond acceptors (Lipinski definition) is 6. The number of fused-ring (bicyclic) bond motifs is 1. The maximum atomic E-state index is 12.2. The topological polar surface area (TPSA) is 85.2 Å². The van der Waals surface area contributed by atoms with E-state index in [1.54, 1.807) is 24.3 Å². The second kappa shape index (κ2) is 7.57. The Balaban J connectivity index is 1.57. The Morgan fingerprint density at radius 1 is 1.38 bits per heavy atom. The van der Waals surface area contributed by atoms with Crippen LogP contribution in [0.25, 0.3) is 11.0 Å². The summed E-state index contributed by atoms with van der Waals surface area (Å²) in [4.78, 5) is 23.1. The highest BCUT2D eigenvalue weighted by atomic mass is 16.5. The molecule has 1 aliphatic heterocycles. The van der Waals surface area contributed by atoms with Crippen LogP contribution in [0.2, 0.25) is 0 Å². The smallest absolute Gasteiger partial charge is 0.223 e. The zero-order chi connectivity index (χ0) is 16.9. The summed E-state index contributed by atoms with van der Waals surface area (Å²) in [5.74, 6) is 1.14. The third-order valence-corrected chi connectivity index (χ3v) is 4.50. The molecular weight excluding hydrogens is 308 g/mol. The number of aromatic nitrogens is 4. The van der Waals surface area contributed by atoms with E-state index in [1.165, 1.54) is 0 Å². The molecule has 1 amide bonds. The number of nitrogens with one attached hydrogen (secondary N) is 1. The third-order valence-electron chi connectivity index (χ3n) is 4.50. The molecule has 0 spiro atoms. The fourth-order valence-corrected chi connectivity index (χ4v) is 3.13. The molecule has 0 unspecified atom stereocenters. The summed E-state index contributed by atoms with van der Waals surface area (Å²) in [6.07, 6.45) is 5.90. The molecule has 2 aromatic rings. The van der Waals surface area contributed by atoms with E-state index >= 15 is 0 Å². The second-order valence-electron chi connectivity index (χ2n) is 6.10. The predicted molar refractivity (Wildman–Crippen MR) is 90.7 cm³/mol. The number of ether oxygens (including phenoxy) is 1. The van der Waals surface area contributed by atoms with E-state index in [-0.39, 0.29) is 11.8 Å². The molecule has 8 heteroatoms. The highest BCUT2D eigenvalue weighted by molar-refractivity contribution is 5.87. The molecule has 1 aliphatic rings. The first-order valence-electron chi connectivity index (χ1n) is 8.35. The molecule has 0 aromatic carbocycles. The SMILES string of the molecule is COCCCNC(=O)C1CCN(c2ncnc3c2cnn3C)CC1. The van der Waals surface area contributed by atoms with Gasteiger partial charge < -0.3 is 15.0 Å². The maximum absolute atomic E-state index is 12.2. The monoisotopic (exact) mass is 332 g/mol. The van der Waals surface area contributed by atoms with Crippen LogP contribution in [0.5, 0.6) is 0 Å². The van der Waals surface area contributed by atoms with Gasteiger partial charge in [0.05, 0.1) is 11.6 Å². The normalized spacial score (nSPS) is 15.8. The Morgan fingerprint density at radius 2 is 2.17 bits per heavy atom. The molecule has 24 heavy (non-hydrogen) atoms. The molecule has 0 saturated carbocycles. The average molecular weight is 332 g/mol. The molecule has 0 aliphatic carbocycles. The van der Waals surface area contributed by atoms with Gasteiger partial charge in [-0.1, -0.05) is 0 Å². The van der Waals surface area contributed by atoms with Crippen molar-refractivity contribution in [2.75, 3.05) is 38.3 Å². The number of amides is 1. The van der Waals surface area contributed by atoms with Crippen molar-refractivity contribution in [1.82, 2.24) is 25.1 Å². The van der Waals surface area contributed by atoms with Gasteiger partial charge in [0.1, 0.15) is 12.1 Å². The van der Waals surface area contributed by atoms with Gasteiger partial charge in [0.25, 0.3) is 0 Å². The van der Waals surface area contributed by atoms with Crippen LogP contribution in [0, 0.1) is 5.92 Å². The van der Waals surface area contributed by atoms with Gasteiger partial charge in [0, 0.05) is 46.3 Å². The summed E-state index contributed by atoms with van der Waals surface area (Å²) >= 11 is 0. The lowest BCUT2D eigenvalue weighted by atomic mass is 9.96. The fraction of sp³-hybridized carbons (Fsp3) is 0.625. The molecule has 0 bridgehead atoms. The van der Waals surface area contributed by atoms with E-state index in [0.717, 1.165) is 49.2 Å². The number of nitrogens with zero attached hydrogens (tertiary/aromatic N) is 5. The van der Waals surface area contributed by atoms with Crippen molar-refractivity contribution < 1.29 is 9.53 Å². The Bertz CT molecular complexity index is 693. The van der Waals surface area contributed by atoms with Gasteiger partial charge in [-0.15, -0.1) is 0 Å². The number of anilines is 1. The van der Waals surface area contributed by atoms with Crippen LogP contribution in [0.1, 0.15) is 19.3 Å². The molecule has 1 saturated heterocycles. The lowest BCUT2D eigenvalue weighted by Crippen LogP contribution is -2.41. The number of hydrogen-bond donors (Lipinski definition) is 1.